The fourth-order valence-corrected chi connectivity index (χ4v) is 2.13. The van der Waals surface area contributed by atoms with E-state index in [9.17, 15) is 13.2 Å². The molecule has 0 radical (unpaired) electrons. The van der Waals surface area contributed by atoms with Gasteiger partial charge in [-0.25, -0.2) is 0 Å². The third-order valence-corrected chi connectivity index (χ3v) is 3.06. The Balaban J connectivity index is 2.23. The van der Waals surface area contributed by atoms with Crippen LogP contribution in [0.5, 0.6) is 0 Å². The van der Waals surface area contributed by atoms with Gasteiger partial charge in [-0.15, -0.1) is 0 Å². The summed E-state index contributed by atoms with van der Waals surface area (Å²) >= 11 is 0. The molecule has 21 heavy (non-hydrogen) atoms. The largest absolute Gasteiger partial charge is 0.422 e. The summed E-state index contributed by atoms with van der Waals surface area (Å²) < 4.78 is 45.2. The second-order valence-electron chi connectivity index (χ2n) is 4.47. The maximum Gasteiger partial charge on any atom is 0.422 e. The number of nitrogens with zero attached hydrogens (tertiary/aromatic N) is 1. The molecule has 2 aromatic carbocycles. The van der Waals surface area contributed by atoms with E-state index in [0.717, 1.165) is 0 Å². The van der Waals surface area contributed by atoms with Crippen LogP contribution in [0.4, 0.5) is 13.2 Å². The van der Waals surface area contributed by atoms with Crippen molar-refractivity contribution in [3.05, 3.63) is 66.2 Å². The van der Waals surface area contributed by atoms with Gasteiger partial charge in [0.15, 0.2) is 5.76 Å². The van der Waals surface area contributed by atoms with Crippen molar-refractivity contribution < 1.29 is 17.7 Å². The van der Waals surface area contributed by atoms with E-state index in [2.05, 4.69) is 5.16 Å². The van der Waals surface area contributed by atoms with E-state index in [1.54, 1.807) is 60.7 Å². The molecule has 3 rings (SSSR count). The second-order valence-corrected chi connectivity index (χ2v) is 4.47. The van der Waals surface area contributed by atoms with E-state index in [1.165, 1.54) is 0 Å². The number of aromatic nitrogens is 1. The lowest BCUT2D eigenvalue weighted by atomic mass is 10.0. The lowest BCUT2D eigenvalue weighted by molar-refractivity contribution is -0.136. The molecular weight excluding hydrogens is 279 g/mol. The SMILES string of the molecule is FC(F)(F)c1c(-c2ccccc2)noc1-c1ccccc1. The predicted octanol–water partition coefficient (Wildman–Crippen LogP) is 5.03. The molecule has 0 unspecified atom stereocenters. The van der Waals surface area contributed by atoms with Crippen molar-refractivity contribution in [1.29, 1.82) is 0 Å². The van der Waals surface area contributed by atoms with Gasteiger partial charge in [0.2, 0.25) is 0 Å². The molecule has 0 aliphatic carbocycles. The highest BCUT2D eigenvalue weighted by Crippen LogP contribution is 2.42. The second kappa shape index (κ2) is 5.09. The van der Waals surface area contributed by atoms with Crippen molar-refractivity contribution in [2.24, 2.45) is 0 Å². The molecule has 1 heterocycles. The molecular formula is C16H10F3NO. The molecule has 0 bridgehead atoms. The summed E-state index contributed by atoms with van der Waals surface area (Å²) in [5.41, 5.74) is -0.322. The van der Waals surface area contributed by atoms with Gasteiger partial charge in [0.25, 0.3) is 0 Å². The van der Waals surface area contributed by atoms with Crippen molar-refractivity contribution >= 4 is 0 Å². The third-order valence-electron chi connectivity index (χ3n) is 3.06. The van der Waals surface area contributed by atoms with Crippen molar-refractivity contribution in [3.8, 4) is 22.6 Å². The molecule has 0 aliphatic rings. The van der Waals surface area contributed by atoms with Gasteiger partial charge >= 0.3 is 6.18 Å². The number of benzene rings is 2. The molecule has 0 saturated heterocycles. The van der Waals surface area contributed by atoms with Crippen LogP contribution in [0.2, 0.25) is 0 Å². The maximum atomic E-state index is 13.4. The highest BCUT2D eigenvalue weighted by Gasteiger charge is 2.41. The fourth-order valence-electron chi connectivity index (χ4n) is 2.13. The molecule has 5 heteroatoms. The first kappa shape index (κ1) is 13.4. The molecule has 1 aromatic heterocycles. The Hall–Kier alpha value is -2.56. The van der Waals surface area contributed by atoms with Crippen LogP contribution >= 0.6 is 0 Å². The standard InChI is InChI=1S/C16H10F3NO/c17-16(18,19)13-14(11-7-3-1-4-8-11)20-21-15(13)12-9-5-2-6-10-12/h1-10H. The van der Waals surface area contributed by atoms with Crippen LogP contribution in [0, 0.1) is 0 Å². The topological polar surface area (TPSA) is 26.0 Å². The highest BCUT2D eigenvalue weighted by molar-refractivity contribution is 5.73. The molecule has 106 valence electrons. The lowest BCUT2D eigenvalue weighted by Gasteiger charge is -2.08. The molecule has 3 aromatic rings. The minimum Gasteiger partial charge on any atom is -0.355 e. The molecule has 0 atom stereocenters. The molecule has 0 N–H and O–H groups in total. The Morgan fingerprint density at radius 3 is 1.81 bits per heavy atom. The van der Waals surface area contributed by atoms with Crippen LogP contribution in [0.1, 0.15) is 5.56 Å². The Labute approximate surface area is 118 Å². The van der Waals surface area contributed by atoms with Gasteiger partial charge in [0.1, 0.15) is 11.3 Å². The summed E-state index contributed by atoms with van der Waals surface area (Å²) in [6.07, 6.45) is -4.55. The molecule has 0 saturated carbocycles. The van der Waals surface area contributed by atoms with Crippen molar-refractivity contribution in [2.45, 2.75) is 6.18 Å². The third kappa shape index (κ3) is 2.54. The summed E-state index contributed by atoms with van der Waals surface area (Å²) in [4.78, 5) is 0. The van der Waals surface area contributed by atoms with Crippen molar-refractivity contribution in [1.82, 2.24) is 5.16 Å². The first-order valence-electron chi connectivity index (χ1n) is 6.25. The smallest absolute Gasteiger partial charge is 0.355 e. The Bertz CT molecular complexity index is 676. The zero-order valence-corrected chi connectivity index (χ0v) is 10.8. The first-order valence-corrected chi connectivity index (χ1v) is 6.25. The van der Waals surface area contributed by atoms with Gasteiger partial charge in [0, 0.05) is 11.1 Å². The van der Waals surface area contributed by atoms with Crippen LogP contribution in [-0.4, -0.2) is 5.16 Å². The van der Waals surface area contributed by atoms with Crippen LogP contribution < -0.4 is 0 Å². The molecule has 0 amide bonds. The number of hydrogen-bond acceptors (Lipinski definition) is 2. The Kier molecular flexibility index (Phi) is 3.25. The molecule has 0 fully saturated rings. The zero-order chi connectivity index (χ0) is 14.9. The van der Waals surface area contributed by atoms with E-state index < -0.39 is 11.7 Å². The predicted molar refractivity (Wildman–Crippen MR) is 72.4 cm³/mol. The van der Waals surface area contributed by atoms with Crippen molar-refractivity contribution in [2.75, 3.05) is 0 Å². The summed E-state index contributed by atoms with van der Waals surface area (Å²) in [5, 5.41) is 3.63. The van der Waals surface area contributed by atoms with E-state index in [1.807, 2.05) is 0 Å². The summed E-state index contributed by atoms with van der Waals surface area (Å²) in [5.74, 6) is -0.262. The van der Waals surface area contributed by atoms with Crippen LogP contribution in [-0.2, 0) is 6.18 Å². The van der Waals surface area contributed by atoms with Gasteiger partial charge in [-0.3, -0.25) is 0 Å². The van der Waals surface area contributed by atoms with Gasteiger partial charge in [0.05, 0.1) is 0 Å². The summed E-state index contributed by atoms with van der Waals surface area (Å²) in [7, 11) is 0. The molecule has 0 spiro atoms. The van der Waals surface area contributed by atoms with E-state index in [0.29, 0.717) is 11.1 Å². The number of rotatable bonds is 2. The molecule has 0 aliphatic heterocycles. The van der Waals surface area contributed by atoms with Crippen LogP contribution in [0.3, 0.4) is 0 Å². The van der Waals surface area contributed by atoms with Gasteiger partial charge in [-0.1, -0.05) is 65.8 Å². The molecule has 2 nitrogen and oxygen atoms in total. The van der Waals surface area contributed by atoms with Crippen LogP contribution in [0.25, 0.3) is 22.6 Å². The normalized spacial score (nSPS) is 11.6. The van der Waals surface area contributed by atoms with Gasteiger partial charge < -0.3 is 4.52 Å². The summed E-state index contributed by atoms with van der Waals surface area (Å²) in [6, 6.07) is 16.3. The average Bonchev–Trinajstić information content (AvgIpc) is 2.94. The highest BCUT2D eigenvalue weighted by atomic mass is 19.4. The van der Waals surface area contributed by atoms with E-state index >= 15 is 0 Å². The van der Waals surface area contributed by atoms with Crippen LogP contribution in [0.15, 0.2) is 65.2 Å². The Morgan fingerprint density at radius 2 is 1.29 bits per heavy atom. The van der Waals surface area contributed by atoms with E-state index in [4.69, 9.17) is 4.52 Å². The minimum atomic E-state index is -4.55. The quantitative estimate of drug-likeness (QED) is 0.661. The van der Waals surface area contributed by atoms with Crippen molar-refractivity contribution in [3.63, 3.8) is 0 Å². The first-order chi connectivity index (χ1) is 10.1. The van der Waals surface area contributed by atoms with Gasteiger partial charge in [-0.2, -0.15) is 13.2 Å². The zero-order valence-electron chi connectivity index (χ0n) is 10.8. The monoisotopic (exact) mass is 289 g/mol. The fraction of sp³-hybridized carbons (Fsp3) is 0.0625. The van der Waals surface area contributed by atoms with E-state index in [-0.39, 0.29) is 11.5 Å². The number of hydrogen-bond donors (Lipinski definition) is 0. The minimum absolute atomic E-state index is 0.193. The summed E-state index contributed by atoms with van der Waals surface area (Å²) in [6.45, 7) is 0. The average molecular weight is 289 g/mol. The van der Waals surface area contributed by atoms with Gasteiger partial charge in [-0.05, 0) is 0 Å². The number of alkyl halides is 3. The Morgan fingerprint density at radius 1 is 0.762 bits per heavy atom. The lowest BCUT2D eigenvalue weighted by Crippen LogP contribution is -2.07. The maximum absolute atomic E-state index is 13.4. The number of halogens is 3.